The molecule has 1 atom stereocenters. The zero-order valence-corrected chi connectivity index (χ0v) is 12.2. The van der Waals surface area contributed by atoms with Gasteiger partial charge in [-0.3, -0.25) is 4.85 Å². The molecule has 0 aromatic heterocycles. The minimum atomic E-state index is -2.87. The van der Waals surface area contributed by atoms with Gasteiger partial charge in [-0.1, -0.05) is 5.92 Å². The van der Waals surface area contributed by atoms with E-state index in [4.69, 9.17) is 13.0 Å². The van der Waals surface area contributed by atoms with Crippen LogP contribution >= 0.6 is 0 Å². The van der Waals surface area contributed by atoms with Crippen molar-refractivity contribution in [3.63, 3.8) is 0 Å². The molecule has 0 aliphatic heterocycles. The summed E-state index contributed by atoms with van der Waals surface area (Å²) in [6.07, 6.45) is 7.02. The Bertz CT molecular complexity index is 468. The molecule has 21 heavy (non-hydrogen) atoms. The molecule has 0 heterocycles. The van der Waals surface area contributed by atoms with Crippen LogP contribution in [0.2, 0.25) is 0 Å². The number of terminal acetylenes is 1. The number of aliphatic hydroxyl groups is 1. The van der Waals surface area contributed by atoms with Crippen molar-refractivity contribution in [2.75, 3.05) is 0 Å². The third kappa shape index (κ3) is 5.00. The highest BCUT2D eigenvalue weighted by molar-refractivity contribution is 5.17. The first kappa shape index (κ1) is 17.4. The number of alkyl halides is 2. The third-order valence-electron chi connectivity index (χ3n) is 4.23. The summed E-state index contributed by atoms with van der Waals surface area (Å²) in [4.78, 5) is 3.34. The largest absolute Gasteiger partial charge is 0.378 e. The van der Waals surface area contributed by atoms with Gasteiger partial charge in [0, 0.05) is 19.3 Å². The van der Waals surface area contributed by atoms with Crippen LogP contribution in [0.5, 0.6) is 0 Å². The van der Waals surface area contributed by atoms with Gasteiger partial charge in [-0.2, -0.15) is 5.26 Å². The molecule has 1 rings (SSSR count). The molecule has 1 saturated carbocycles. The van der Waals surface area contributed by atoms with Gasteiger partial charge in [0.15, 0.2) is 6.07 Å². The number of halogens is 2. The van der Waals surface area contributed by atoms with Crippen molar-refractivity contribution in [3.8, 4) is 18.4 Å². The molecule has 0 saturated heterocycles. The Kier molecular flexibility index (Phi) is 5.32. The molecule has 0 radical (unpaired) electrons. The predicted molar refractivity (Wildman–Crippen MR) is 75.2 cm³/mol. The SMILES string of the molecule is [C-]#[N+]C(C#N)(CCC(C)(F)F)CC1CCC(O)(C#C)CC1. The lowest BCUT2D eigenvalue weighted by atomic mass is 9.73. The fraction of sp³-hybridized carbons (Fsp3) is 0.750. The molecule has 0 aromatic carbocycles. The molecule has 114 valence electrons. The monoisotopic (exact) mass is 294 g/mol. The molecular formula is C16H20F2N2O. The quantitative estimate of drug-likeness (QED) is 0.622. The first-order chi connectivity index (χ1) is 9.67. The van der Waals surface area contributed by atoms with Gasteiger partial charge in [0.25, 0.3) is 0 Å². The van der Waals surface area contributed by atoms with Gasteiger partial charge in [0.1, 0.15) is 5.60 Å². The van der Waals surface area contributed by atoms with Crippen molar-refractivity contribution in [3.05, 3.63) is 11.4 Å². The normalized spacial score (nSPS) is 28.7. The molecule has 0 bridgehead atoms. The Morgan fingerprint density at radius 2 is 2.00 bits per heavy atom. The molecule has 1 aliphatic rings. The maximum absolute atomic E-state index is 13.0. The molecule has 3 nitrogen and oxygen atoms in total. The van der Waals surface area contributed by atoms with Crippen molar-refractivity contribution in [1.82, 2.24) is 0 Å². The van der Waals surface area contributed by atoms with Crippen LogP contribution in [0.25, 0.3) is 4.85 Å². The molecule has 1 unspecified atom stereocenters. The molecule has 0 spiro atoms. The molecule has 1 N–H and O–H groups in total. The van der Waals surface area contributed by atoms with Gasteiger partial charge in [-0.25, -0.2) is 15.4 Å². The maximum Gasteiger partial charge on any atom is 0.316 e. The lowest BCUT2D eigenvalue weighted by molar-refractivity contribution is 0.00635. The lowest BCUT2D eigenvalue weighted by Gasteiger charge is -2.33. The zero-order valence-electron chi connectivity index (χ0n) is 12.2. The second kappa shape index (κ2) is 6.42. The molecule has 1 aliphatic carbocycles. The molecule has 5 heteroatoms. The average molecular weight is 294 g/mol. The van der Waals surface area contributed by atoms with E-state index in [-0.39, 0.29) is 18.8 Å². The van der Waals surface area contributed by atoms with E-state index in [1.54, 1.807) is 0 Å². The highest BCUT2D eigenvalue weighted by Crippen LogP contribution is 2.39. The minimum Gasteiger partial charge on any atom is -0.378 e. The van der Waals surface area contributed by atoms with Crippen LogP contribution in [0.15, 0.2) is 0 Å². The van der Waals surface area contributed by atoms with Gasteiger partial charge in [-0.05, 0) is 38.5 Å². The van der Waals surface area contributed by atoms with Crippen molar-refractivity contribution >= 4 is 0 Å². The van der Waals surface area contributed by atoms with Gasteiger partial charge in [-0.15, -0.1) is 6.42 Å². The van der Waals surface area contributed by atoms with E-state index in [1.807, 2.05) is 6.07 Å². The van der Waals surface area contributed by atoms with E-state index in [9.17, 15) is 19.1 Å². The number of rotatable bonds is 5. The maximum atomic E-state index is 13.0. The summed E-state index contributed by atoms with van der Waals surface area (Å²) in [5.41, 5.74) is -2.49. The van der Waals surface area contributed by atoms with E-state index in [0.29, 0.717) is 25.7 Å². The van der Waals surface area contributed by atoms with Crippen molar-refractivity contribution in [1.29, 1.82) is 5.26 Å². The number of hydrogen-bond acceptors (Lipinski definition) is 2. The Labute approximate surface area is 124 Å². The van der Waals surface area contributed by atoms with E-state index in [0.717, 1.165) is 6.92 Å². The average Bonchev–Trinajstić information content (AvgIpc) is 2.45. The Balaban J connectivity index is 2.67. The number of nitriles is 1. The molecule has 0 aromatic rings. The summed E-state index contributed by atoms with van der Waals surface area (Å²) < 4.78 is 26.0. The van der Waals surface area contributed by atoms with Gasteiger partial charge < -0.3 is 5.11 Å². The standard InChI is InChI=1S/C16H20F2N2O/c1-4-16(21)7-5-13(6-8-16)11-15(12-19,20-3)10-9-14(2,17)18/h1,13,21H,5-11H2,2H3. The Morgan fingerprint density at radius 1 is 1.43 bits per heavy atom. The zero-order chi connectivity index (χ0) is 16.1. The number of nitrogens with zero attached hydrogens (tertiary/aromatic N) is 2. The van der Waals surface area contributed by atoms with Crippen LogP contribution in [-0.4, -0.2) is 22.2 Å². The summed E-state index contributed by atoms with van der Waals surface area (Å²) >= 11 is 0. The topological polar surface area (TPSA) is 48.4 Å². The summed E-state index contributed by atoms with van der Waals surface area (Å²) in [5.74, 6) is -0.437. The lowest BCUT2D eigenvalue weighted by Crippen LogP contribution is -2.35. The van der Waals surface area contributed by atoms with Gasteiger partial charge in [0.05, 0.1) is 0 Å². The molecule has 0 amide bonds. The smallest absolute Gasteiger partial charge is 0.316 e. The summed E-state index contributed by atoms with van der Waals surface area (Å²) in [7, 11) is 0. The second-order valence-corrected chi connectivity index (χ2v) is 6.15. The fourth-order valence-corrected chi connectivity index (χ4v) is 2.74. The highest BCUT2D eigenvalue weighted by atomic mass is 19.3. The first-order valence-electron chi connectivity index (χ1n) is 7.05. The van der Waals surface area contributed by atoms with E-state index in [1.165, 1.54) is 0 Å². The molecular weight excluding hydrogens is 274 g/mol. The Morgan fingerprint density at radius 3 is 2.38 bits per heavy atom. The van der Waals surface area contributed by atoms with Crippen LogP contribution in [-0.2, 0) is 0 Å². The minimum absolute atomic E-state index is 0.0675. The van der Waals surface area contributed by atoms with Crippen LogP contribution in [0, 0.1) is 36.2 Å². The fourth-order valence-electron chi connectivity index (χ4n) is 2.74. The van der Waals surface area contributed by atoms with Crippen molar-refractivity contribution in [2.24, 2.45) is 5.92 Å². The highest BCUT2D eigenvalue weighted by Gasteiger charge is 2.43. The van der Waals surface area contributed by atoms with Crippen LogP contribution in [0.1, 0.15) is 51.9 Å². The van der Waals surface area contributed by atoms with Gasteiger partial charge in [0.2, 0.25) is 5.92 Å². The van der Waals surface area contributed by atoms with E-state index in [2.05, 4.69) is 10.8 Å². The van der Waals surface area contributed by atoms with Gasteiger partial charge >= 0.3 is 5.54 Å². The Hall–Kier alpha value is -1.64. The van der Waals surface area contributed by atoms with Crippen LogP contribution in [0.4, 0.5) is 8.78 Å². The summed E-state index contributed by atoms with van der Waals surface area (Å²) in [5, 5.41) is 19.2. The van der Waals surface area contributed by atoms with Crippen LogP contribution < -0.4 is 0 Å². The van der Waals surface area contributed by atoms with Crippen LogP contribution in [0.3, 0.4) is 0 Å². The first-order valence-corrected chi connectivity index (χ1v) is 7.05. The summed E-state index contributed by atoms with van der Waals surface area (Å²) in [6, 6.07) is 1.93. The summed E-state index contributed by atoms with van der Waals surface area (Å²) in [6.45, 7) is 8.02. The molecule has 1 fully saturated rings. The van der Waals surface area contributed by atoms with Crippen molar-refractivity contribution in [2.45, 2.75) is 68.9 Å². The van der Waals surface area contributed by atoms with E-state index >= 15 is 0 Å². The predicted octanol–water partition coefficient (Wildman–Crippen LogP) is 3.55. The van der Waals surface area contributed by atoms with E-state index < -0.39 is 23.5 Å². The third-order valence-corrected chi connectivity index (χ3v) is 4.23. The number of hydrogen-bond donors (Lipinski definition) is 1. The second-order valence-electron chi connectivity index (χ2n) is 6.15. The van der Waals surface area contributed by atoms with Crippen molar-refractivity contribution < 1.29 is 13.9 Å².